The molecule has 1 aromatic heterocycles. The van der Waals surface area contributed by atoms with Gasteiger partial charge in [-0.1, -0.05) is 29.3 Å². The van der Waals surface area contributed by atoms with Crippen LogP contribution in [-0.2, 0) is 6.54 Å². The van der Waals surface area contributed by atoms with E-state index >= 15 is 0 Å². The van der Waals surface area contributed by atoms with Crippen molar-refractivity contribution in [1.82, 2.24) is 10.3 Å². The number of nitrogens with one attached hydrogen (secondary N) is 3. The first-order valence-corrected chi connectivity index (χ1v) is 7.82. The Morgan fingerprint density at radius 2 is 2.00 bits per heavy atom. The van der Waals surface area contributed by atoms with Crippen molar-refractivity contribution in [2.45, 2.75) is 13.5 Å². The van der Waals surface area contributed by atoms with Gasteiger partial charge in [0.05, 0.1) is 0 Å². The molecule has 6 heteroatoms. The zero-order valence-corrected chi connectivity index (χ0v) is 13.8. The molecule has 5 nitrogen and oxygen atoms in total. The molecule has 0 bridgehead atoms. The van der Waals surface area contributed by atoms with Crippen molar-refractivity contribution < 1.29 is 4.79 Å². The van der Waals surface area contributed by atoms with Crippen molar-refractivity contribution in [2.24, 2.45) is 0 Å². The number of amides is 2. The van der Waals surface area contributed by atoms with Crippen LogP contribution < -0.4 is 16.2 Å². The van der Waals surface area contributed by atoms with Gasteiger partial charge >= 0.3 is 6.03 Å². The summed E-state index contributed by atoms with van der Waals surface area (Å²) in [5.41, 5.74) is 2.75. The molecule has 0 atom stereocenters. The third-order valence-corrected chi connectivity index (χ3v) is 3.83. The molecule has 0 spiro atoms. The van der Waals surface area contributed by atoms with E-state index in [1.54, 1.807) is 30.3 Å². The predicted molar refractivity (Wildman–Crippen MR) is 96.6 cm³/mol. The van der Waals surface area contributed by atoms with Gasteiger partial charge in [0.15, 0.2) is 0 Å². The number of aromatic amines is 1. The minimum Gasteiger partial charge on any atom is -0.334 e. The Bertz CT molecular complexity index is 966. The van der Waals surface area contributed by atoms with Gasteiger partial charge in [0.25, 0.3) is 5.56 Å². The number of benzene rings is 2. The number of hydrogen-bond donors (Lipinski definition) is 3. The van der Waals surface area contributed by atoms with E-state index in [9.17, 15) is 9.59 Å². The quantitative estimate of drug-likeness (QED) is 0.677. The molecule has 122 valence electrons. The summed E-state index contributed by atoms with van der Waals surface area (Å²) in [5, 5.41) is 6.81. The number of hydrogen-bond acceptors (Lipinski definition) is 2. The van der Waals surface area contributed by atoms with Crippen LogP contribution in [-0.4, -0.2) is 11.0 Å². The van der Waals surface area contributed by atoms with E-state index < -0.39 is 6.03 Å². The highest BCUT2D eigenvalue weighted by atomic mass is 35.5. The summed E-state index contributed by atoms with van der Waals surface area (Å²) in [6, 6.07) is 14.0. The highest BCUT2D eigenvalue weighted by Crippen LogP contribution is 2.15. The summed E-state index contributed by atoms with van der Waals surface area (Å²) in [4.78, 5) is 26.9. The molecule has 2 aromatic carbocycles. The van der Waals surface area contributed by atoms with Crippen molar-refractivity contribution in [2.75, 3.05) is 5.32 Å². The van der Waals surface area contributed by atoms with Crippen LogP contribution in [0.5, 0.6) is 0 Å². The molecule has 0 radical (unpaired) electrons. The summed E-state index contributed by atoms with van der Waals surface area (Å²) < 4.78 is 0. The standard InChI is InChI=1S/C18H16ClN3O2/c1-11-5-6-16-12(7-11)8-13(17(23)22-16)10-20-18(24)21-15-4-2-3-14(19)9-15/h2-9H,10H2,1H3,(H,22,23)(H2,20,21,24). The summed E-state index contributed by atoms with van der Waals surface area (Å²) in [5.74, 6) is 0. The minimum absolute atomic E-state index is 0.131. The summed E-state index contributed by atoms with van der Waals surface area (Å²) >= 11 is 5.87. The maximum absolute atomic E-state index is 12.1. The number of aryl methyl sites for hydroxylation is 1. The van der Waals surface area contributed by atoms with Crippen LogP contribution in [0.2, 0.25) is 5.02 Å². The lowest BCUT2D eigenvalue weighted by Gasteiger charge is -2.08. The van der Waals surface area contributed by atoms with Crippen LogP contribution >= 0.6 is 11.6 Å². The van der Waals surface area contributed by atoms with Gasteiger partial charge in [0.1, 0.15) is 0 Å². The van der Waals surface area contributed by atoms with E-state index in [1.165, 1.54) is 0 Å². The second-order valence-electron chi connectivity index (χ2n) is 5.53. The fraction of sp³-hybridized carbons (Fsp3) is 0.111. The van der Waals surface area contributed by atoms with Crippen molar-refractivity contribution in [1.29, 1.82) is 0 Å². The van der Waals surface area contributed by atoms with Gasteiger partial charge in [-0.3, -0.25) is 4.79 Å². The lowest BCUT2D eigenvalue weighted by molar-refractivity contribution is 0.251. The van der Waals surface area contributed by atoms with Crippen molar-refractivity contribution in [3.8, 4) is 0 Å². The maximum atomic E-state index is 12.1. The first-order valence-electron chi connectivity index (χ1n) is 7.44. The van der Waals surface area contributed by atoms with E-state index in [4.69, 9.17) is 11.6 Å². The molecule has 2 amide bonds. The Hall–Kier alpha value is -2.79. The summed E-state index contributed by atoms with van der Waals surface area (Å²) in [6.45, 7) is 2.12. The van der Waals surface area contributed by atoms with Crippen LogP contribution in [0.1, 0.15) is 11.1 Å². The number of fused-ring (bicyclic) bond motifs is 1. The fourth-order valence-corrected chi connectivity index (χ4v) is 2.61. The van der Waals surface area contributed by atoms with Crippen molar-refractivity contribution >= 4 is 34.2 Å². The molecule has 3 aromatic rings. The number of carbonyl (C=O) groups excluding carboxylic acids is 1. The molecule has 0 fully saturated rings. The number of aromatic nitrogens is 1. The molecule has 0 saturated heterocycles. The Balaban J connectivity index is 1.72. The third-order valence-electron chi connectivity index (χ3n) is 3.60. The van der Waals surface area contributed by atoms with Crippen LogP contribution in [0.15, 0.2) is 53.3 Å². The molecule has 0 aliphatic carbocycles. The number of carbonyl (C=O) groups is 1. The van der Waals surface area contributed by atoms with Gasteiger partial charge in [0.2, 0.25) is 0 Å². The number of pyridine rings is 1. The monoisotopic (exact) mass is 341 g/mol. The summed E-state index contributed by atoms with van der Waals surface area (Å²) in [7, 11) is 0. The Kier molecular flexibility index (Phi) is 4.53. The zero-order chi connectivity index (χ0) is 17.1. The van der Waals surface area contributed by atoms with E-state index in [0.717, 1.165) is 16.5 Å². The average Bonchev–Trinajstić information content (AvgIpc) is 2.53. The second-order valence-corrected chi connectivity index (χ2v) is 5.97. The lowest BCUT2D eigenvalue weighted by Crippen LogP contribution is -2.30. The number of halogens is 1. The molecule has 1 heterocycles. The predicted octanol–water partition coefficient (Wildman–Crippen LogP) is 3.81. The lowest BCUT2D eigenvalue weighted by atomic mass is 10.1. The molecular weight excluding hydrogens is 326 g/mol. The molecule has 0 unspecified atom stereocenters. The minimum atomic E-state index is -0.402. The van der Waals surface area contributed by atoms with Crippen LogP contribution in [0.25, 0.3) is 10.9 Å². The number of H-pyrrole nitrogens is 1. The molecular formula is C18H16ClN3O2. The first kappa shape index (κ1) is 16.1. The zero-order valence-electron chi connectivity index (χ0n) is 13.0. The number of rotatable bonds is 3. The van der Waals surface area contributed by atoms with Gasteiger partial charge in [-0.15, -0.1) is 0 Å². The van der Waals surface area contributed by atoms with E-state index in [1.807, 2.05) is 25.1 Å². The second kappa shape index (κ2) is 6.76. The number of anilines is 1. The molecule has 0 saturated carbocycles. The largest absolute Gasteiger partial charge is 0.334 e. The molecule has 3 N–H and O–H groups in total. The topological polar surface area (TPSA) is 74.0 Å². The SMILES string of the molecule is Cc1ccc2[nH]c(=O)c(CNC(=O)Nc3cccc(Cl)c3)cc2c1. The Labute approximate surface area is 143 Å². The highest BCUT2D eigenvalue weighted by Gasteiger charge is 2.06. The van der Waals surface area contributed by atoms with E-state index in [2.05, 4.69) is 15.6 Å². The number of urea groups is 1. The Morgan fingerprint density at radius 1 is 1.17 bits per heavy atom. The fourth-order valence-electron chi connectivity index (χ4n) is 2.42. The molecule has 0 aliphatic heterocycles. The molecule has 3 rings (SSSR count). The first-order chi connectivity index (χ1) is 11.5. The van der Waals surface area contributed by atoms with Crippen LogP contribution in [0.4, 0.5) is 10.5 Å². The van der Waals surface area contributed by atoms with Gasteiger partial charge < -0.3 is 15.6 Å². The maximum Gasteiger partial charge on any atom is 0.319 e. The van der Waals surface area contributed by atoms with Crippen LogP contribution in [0.3, 0.4) is 0 Å². The average molecular weight is 342 g/mol. The van der Waals surface area contributed by atoms with Crippen molar-refractivity contribution in [3.05, 3.63) is 75.0 Å². The van der Waals surface area contributed by atoms with Crippen molar-refractivity contribution in [3.63, 3.8) is 0 Å². The molecule has 24 heavy (non-hydrogen) atoms. The van der Waals surface area contributed by atoms with E-state index in [-0.39, 0.29) is 12.1 Å². The highest BCUT2D eigenvalue weighted by molar-refractivity contribution is 6.30. The van der Waals surface area contributed by atoms with E-state index in [0.29, 0.717) is 16.3 Å². The smallest absolute Gasteiger partial charge is 0.319 e. The van der Waals surface area contributed by atoms with Crippen LogP contribution in [0, 0.1) is 6.92 Å². The third kappa shape index (κ3) is 3.75. The van der Waals surface area contributed by atoms with Gasteiger partial charge in [-0.05, 0) is 48.7 Å². The van der Waals surface area contributed by atoms with Gasteiger partial charge in [0, 0.05) is 28.3 Å². The van der Waals surface area contributed by atoms with Gasteiger partial charge in [-0.25, -0.2) is 4.79 Å². The summed E-state index contributed by atoms with van der Waals surface area (Å²) in [6.07, 6.45) is 0. The molecule has 0 aliphatic rings. The Morgan fingerprint density at radius 3 is 2.79 bits per heavy atom. The normalized spacial score (nSPS) is 10.6. The van der Waals surface area contributed by atoms with Gasteiger partial charge in [-0.2, -0.15) is 0 Å².